The van der Waals surface area contributed by atoms with Crippen LogP contribution in [-0.4, -0.2) is 38.7 Å². The number of ether oxygens (including phenoxy) is 2. The Morgan fingerprint density at radius 2 is 1.70 bits per heavy atom. The molecule has 2 amide bonds. The van der Waals surface area contributed by atoms with E-state index in [2.05, 4.69) is 16.0 Å². The zero-order valence-corrected chi connectivity index (χ0v) is 16.5. The lowest BCUT2D eigenvalue weighted by molar-refractivity contribution is -0.114. The molecule has 0 spiro atoms. The third-order valence-electron chi connectivity index (χ3n) is 4.01. The average molecular weight is 409 g/mol. The van der Waals surface area contributed by atoms with Crippen molar-refractivity contribution in [1.82, 2.24) is 0 Å². The van der Waals surface area contributed by atoms with Gasteiger partial charge >= 0.3 is 0 Å². The Kier molecular flexibility index (Phi) is 7.45. The molecule has 1 heterocycles. The molecule has 1 aromatic heterocycles. The highest BCUT2D eigenvalue weighted by molar-refractivity contribution is 6.02. The lowest BCUT2D eigenvalue weighted by atomic mass is 10.2. The van der Waals surface area contributed by atoms with Crippen molar-refractivity contribution in [2.75, 3.05) is 42.8 Å². The largest absolute Gasteiger partial charge is 0.491 e. The number of nitrogens with one attached hydrogen (secondary N) is 3. The van der Waals surface area contributed by atoms with E-state index in [-0.39, 0.29) is 24.1 Å². The van der Waals surface area contributed by atoms with E-state index in [4.69, 9.17) is 13.9 Å². The van der Waals surface area contributed by atoms with E-state index in [9.17, 15) is 9.59 Å². The molecule has 0 aliphatic carbocycles. The lowest BCUT2D eigenvalue weighted by Crippen LogP contribution is -2.21. The van der Waals surface area contributed by atoms with Crippen molar-refractivity contribution < 1.29 is 23.5 Å². The Hall–Kier alpha value is -3.78. The quantitative estimate of drug-likeness (QED) is 0.442. The van der Waals surface area contributed by atoms with Gasteiger partial charge in [0.1, 0.15) is 12.4 Å². The first-order valence-corrected chi connectivity index (χ1v) is 9.34. The van der Waals surface area contributed by atoms with Gasteiger partial charge in [0.2, 0.25) is 5.91 Å². The summed E-state index contributed by atoms with van der Waals surface area (Å²) in [6.45, 7) is 1.05. The summed E-state index contributed by atoms with van der Waals surface area (Å²) in [5.74, 6) is 0.386. The van der Waals surface area contributed by atoms with Gasteiger partial charge in [0.25, 0.3) is 5.91 Å². The Balaban J connectivity index is 1.47. The second kappa shape index (κ2) is 10.7. The summed E-state index contributed by atoms with van der Waals surface area (Å²) in [6, 6.07) is 17.4. The molecule has 8 heteroatoms. The summed E-state index contributed by atoms with van der Waals surface area (Å²) >= 11 is 0. The number of hydrogen-bond acceptors (Lipinski definition) is 6. The summed E-state index contributed by atoms with van der Waals surface area (Å²) in [6.07, 6.45) is 1.44. The molecule has 2 aromatic carbocycles. The zero-order chi connectivity index (χ0) is 21.2. The Bertz CT molecular complexity index is 955. The first-order valence-electron chi connectivity index (χ1n) is 9.34. The van der Waals surface area contributed by atoms with Crippen molar-refractivity contribution in [1.29, 1.82) is 0 Å². The minimum Gasteiger partial charge on any atom is -0.491 e. The van der Waals surface area contributed by atoms with E-state index in [1.807, 2.05) is 6.07 Å². The fourth-order valence-electron chi connectivity index (χ4n) is 2.57. The molecular weight excluding hydrogens is 386 g/mol. The van der Waals surface area contributed by atoms with Crippen LogP contribution in [0.3, 0.4) is 0 Å². The van der Waals surface area contributed by atoms with Crippen molar-refractivity contribution in [2.24, 2.45) is 0 Å². The number of amides is 2. The van der Waals surface area contributed by atoms with Gasteiger partial charge in [0, 0.05) is 24.2 Å². The fourth-order valence-corrected chi connectivity index (χ4v) is 2.57. The number of carbonyl (C=O) groups excluding carboxylic acids is 2. The van der Waals surface area contributed by atoms with Crippen LogP contribution in [0.5, 0.6) is 5.75 Å². The van der Waals surface area contributed by atoms with Crippen LogP contribution in [0, 0.1) is 0 Å². The predicted octanol–water partition coefficient (Wildman–Crippen LogP) is 3.61. The lowest BCUT2D eigenvalue weighted by Gasteiger charge is -2.10. The Labute approximate surface area is 174 Å². The number of methoxy groups -OCH3 is 1. The SMILES string of the molecule is COCCOc1ccc(NC(=O)CNc2cccc(NC(=O)c3ccco3)c2)cc1. The molecule has 3 aromatic rings. The molecule has 0 atom stereocenters. The minimum absolute atomic E-state index is 0.0711. The Morgan fingerprint density at radius 1 is 0.900 bits per heavy atom. The third-order valence-corrected chi connectivity index (χ3v) is 4.01. The molecule has 0 radical (unpaired) electrons. The second-order valence-corrected chi connectivity index (χ2v) is 6.28. The van der Waals surface area contributed by atoms with Crippen LogP contribution >= 0.6 is 0 Å². The van der Waals surface area contributed by atoms with Crippen LogP contribution in [0.25, 0.3) is 0 Å². The molecule has 0 saturated carbocycles. The summed E-state index contributed by atoms with van der Waals surface area (Å²) < 4.78 is 15.5. The highest BCUT2D eigenvalue weighted by Gasteiger charge is 2.09. The van der Waals surface area contributed by atoms with Gasteiger partial charge in [-0.2, -0.15) is 0 Å². The van der Waals surface area contributed by atoms with Gasteiger partial charge in [0.15, 0.2) is 5.76 Å². The molecule has 156 valence electrons. The molecule has 0 unspecified atom stereocenters. The highest BCUT2D eigenvalue weighted by atomic mass is 16.5. The summed E-state index contributed by atoms with van der Waals surface area (Å²) in [5.41, 5.74) is 1.95. The average Bonchev–Trinajstić information content (AvgIpc) is 3.29. The molecule has 3 rings (SSSR count). The molecule has 30 heavy (non-hydrogen) atoms. The van der Waals surface area contributed by atoms with Crippen LogP contribution in [0.2, 0.25) is 0 Å². The molecule has 0 bridgehead atoms. The summed E-state index contributed by atoms with van der Waals surface area (Å²) in [7, 11) is 1.61. The molecule has 3 N–H and O–H groups in total. The van der Waals surface area contributed by atoms with E-state index in [0.29, 0.717) is 36.0 Å². The maximum Gasteiger partial charge on any atom is 0.291 e. The van der Waals surface area contributed by atoms with Gasteiger partial charge in [-0.25, -0.2) is 0 Å². The van der Waals surface area contributed by atoms with Crippen molar-refractivity contribution in [2.45, 2.75) is 0 Å². The smallest absolute Gasteiger partial charge is 0.291 e. The van der Waals surface area contributed by atoms with E-state index in [0.717, 1.165) is 0 Å². The van der Waals surface area contributed by atoms with Crippen LogP contribution in [0.1, 0.15) is 10.6 Å². The van der Waals surface area contributed by atoms with Gasteiger partial charge in [-0.05, 0) is 54.6 Å². The number of furan rings is 1. The number of carbonyl (C=O) groups is 2. The summed E-state index contributed by atoms with van der Waals surface area (Å²) in [4.78, 5) is 24.2. The van der Waals surface area contributed by atoms with Gasteiger partial charge in [-0.3, -0.25) is 9.59 Å². The van der Waals surface area contributed by atoms with Crippen LogP contribution < -0.4 is 20.7 Å². The standard InChI is InChI=1S/C22H23N3O5/c1-28-12-13-29-19-9-7-16(8-10-19)24-21(26)15-23-17-4-2-5-18(14-17)25-22(27)20-6-3-11-30-20/h2-11,14,23H,12-13,15H2,1H3,(H,24,26)(H,25,27). The Morgan fingerprint density at radius 3 is 2.43 bits per heavy atom. The number of benzene rings is 2. The maximum absolute atomic E-state index is 12.2. The van der Waals surface area contributed by atoms with E-state index < -0.39 is 0 Å². The van der Waals surface area contributed by atoms with E-state index in [1.54, 1.807) is 61.7 Å². The fraction of sp³-hybridized carbons (Fsp3) is 0.182. The van der Waals surface area contributed by atoms with Crippen LogP contribution in [0.4, 0.5) is 17.1 Å². The van der Waals surface area contributed by atoms with Gasteiger partial charge in [-0.1, -0.05) is 6.07 Å². The van der Waals surface area contributed by atoms with Gasteiger partial charge < -0.3 is 29.8 Å². The van der Waals surface area contributed by atoms with Crippen molar-refractivity contribution in [3.8, 4) is 5.75 Å². The minimum atomic E-state index is -0.343. The monoisotopic (exact) mass is 409 g/mol. The molecule has 8 nitrogen and oxygen atoms in total. The summed E-state index contributed by atoms with van der Waals surface area (Å²) in [5, 5.41) is 8.58. The number of anilines is 3. The van der Waals surface area contributed by atoms with E-state index in [1.165, 1.54) is 6.26 Å². The van der Waals surface area contributed by atoms with Crippen molar-refractivity contribution in [3.05, 3.63) is 72.7 Å². The molecule has 0 aliphatic rings. The second-order valence-electron chi connectivity index (χ2n) is 6.28. The predicted molar refractivity (Wildman–Crippen MR) is 114 cm³/mol. The van der Waals surface area contributed by atoms with Crippen molar-refractivity contribution >= 4 is 28.9 Å². The van der Waals surface area contributed by atoms with Gasteiger partial charge in [-0.15, -0.1) is 0 Å². The first kappa shape index (κ1) is 20.9. The molecule has 0 saturated heterocycles. The van der Waals surface area contributed by atoms with Crippen LogP contribution in [-0.2, 0) is 9.53 Å². The number of rotatable bonds is 10. The van der Waals surface area contributed by atoms with E-state index >= 15 is 0 Å². The molecular formula is C22H23N3O5. The zero-order valence-electron chi connectivity index (χ0n) is 16.5. The first-order chi connectivity index (χ1) is 14.6. The van der Waals surface area contributed by atoms with Gasteiger partial charge in [0.05, 0.1) is 19.4 Å². The number of hydrogen-bond donors (Lipinski definition) is 3. The molecule has 0 aliphatic heterocycles. The molecule has 0 fully saturated rings. The third kappa shape index (κ3) is 6.39. The topological polar surface area (TPSA) is 102 Å². The highest BCUT2D eigenvalue weighted by Crippen LogP contribution is 2.17. The van der Waals surface area contributed by atoms with Crippen molar-refractivity contribution in [3.63, 3.8) is 0 Å². The maximum atomic E-state index is 12.2. The normalized spacial score (nSPS) is 10.3. The van der Waals surface area contributed by atoms with Crippen LogP contribution in [0.15, 0.2) is 71.3 Å².